The molecule has 2 aromatic rings. The van der Waals surface area contributed by atoms with Crippen LogP contribution >= 0.6 is 0 Å². The molecular weight excluding hydrogens is 299 g/mol. The third kappa shape index (κ3) is 4.31. The van der Waals surface area contributed by atoms with Crippen LogP contribution in [0.2, 0.25) is 0 Å². The second-order valence-corrected chi connectivity index (χ2v) is 5.77. The number of nitrogens with zero attached hydrogens (tertiary/aromatic N) is 2. The van der Waals surface area contributed by atoms with Gasteiger partial charge in [-0.05, 0) is 25.0 Å². The second kappa shape index (κ2) is 7.26. The van der Waals surface area contributed by atoms with Gasteiger partial charge < -0.3 is 14.1 Å². The SMILES string of the molecule is CC(C)C(C)N(C)C(=O)c1coc(COc2cccc(F)c2)n1. The summed E-state index contributed by atoms with van der Waals surface area (Å²) in [4.78, 5) is 18.1. The summed E-state index contributed by atoms with van der Waals surface area (Å²) in [5.41, 5.74) is 0.234. The minimum Gasteiger partial charge on any atom is -0.484 e. The first-order valence-electron chi connectivity index (χ1n) is 7.48. The molecule has 0 bridgehead atoms. The molecule has 5 nitrogen and oxygen atoms in total. The van der Waals surface area contributed by atoms with Gasteiger partial charge >= 0.3 is 0 Å². The summed E-state index contributed by atoms with van der Waals surface area (Å²) >= 11 is 0. The van der Waals surface area contributed by atoms with E-state index in [1.165, 1.54) is 18.4 Å². The monoisotopic (exact) mass is 320 g/mol. The lowest BCUT2D eigenvalue weighted by Crippen LogP contribution is -2.38. The smallest absolute Gasteiger partial charge is 0.275 e. The standard InChI is InChI=1S/C17H21FN2O3/c1-11(2)12(3)20(4)17(21)15-9-23-16(19-15)10-22-14-7-5-6-13(18)8-14/h5-9,11-12H,10H2,1-4H3. The second-order valence-electron chi connectivity index (χ2n) is 5.77. The first kappa shape index (κ1) is 17.0. The van der Waals surface area contributed by atoms with Crippen molar-refractivity contribution in [3.63, 3.8) is 0 Å². The van der Waals surface area contributed by atoms with E-state index in [-0.39, 0.29) is 36.0 Å². The van der Waals surface area contributed by atoms with Crippen LogP contribution in [0.25, 0.3) is 0 Å². The van der Waals surface area contributed by atoms with Crippen LogP contribution in [0.5, 0.6) is 5.75 Å². The van der Waals surface area contributed by atoms with Gasteiger partial charge in [-0.15, -0.1) is 0 Å². The van der Waals surface area contributed by atoms with E-state index in [1.54, 1.807) is 24.1 Å². The maximum atomic E-state index is 13.1. The third-order valence-corrected chi connectivity index (χ3v) is 3.83. The van der Waals surface area contributed by atoms with Crippen molar-refractivity contribution < 1.29 is 18.3 Å². The zero-order chi connectivity index (χ0) is 17.0. The number of hydrogen-bond acceptors (Lipinski definition) is 4. The molecular formula is C17H21FN2O3. The summed E-state index contributed by atoms with van der Waals surface area (Å²) in [6, 6.07) is 5.88. The minimum absolute atomic E-state index is 0.0280. The van der Waals surface area contributed by atoms with Crippen molar-refractivity contribution in [2.24, 2.45) is 5.92 Å². The normalized spacial score (nSPS) is 12.3. The molecule has 0 fully saturated rings. The van der Waals surface area contributed by atoms with E-state index < -0.39 is 0 Å². The van der Waals surface area contributed by atoms with Crippen LogP contribution in [0.4, 0.5) is 4.39 Å². The number of ether oxygens (including phenoxy) is 1. The van der Waals surface area contributed by atoms with Gasteiger partial charge in [-0.1, -0.05) is 19.9 Å². The van der Waals surface area contributed by atoms with Gasteiger partial charge in [-0.3, -0.25) is 4.79 Å². The van der Waals surface area contributed by atoms with E-state index >= 15 is 0 Å². The number of halogens is 1. The lowest BCUT2D eigenvalue weighted by atomic mass is 10.1. The Labute approximate surface area is 135 Å². The molecule has 23 heavy (non-hydrogen) atoms. The highest BCUT2D eigenvalue weighted by Crippen LogP contribution is 2.15. The molecule has 0 aliphatic rings. The van der Waals surface area contributed by atoms with E-state index in [0.717, 1.165) is 0 Å². The summed E-state index contributed by atoms with van der Waals surface area (Å²) < 4.78 is 23.7. The fourth-order valence-corrected chi connectivity index (χ4v) is 1.99. The molecule has 0 saturated carbocycles. The summed E-state index contributed by atoms with van der Waals surface area (Å²) in [7, 11) is 1.74. The molecule has 0 aliphatic carbocycles. The molecule has 0 N–H and O–H groups in total. The minimum atomic E-state index is -0.380. The first-order valence-corrected chi connectivity index (χ1v) is 7.48. The van der Waals surface area contributed by atoms with Gasteiger partial charge in [-0.2, -0.15) is 0 Å². The topological polar surface area (TPSA) is 55.6 Å². The Morgan fingerprint density at radius 3 is 2.78 bits per heavy atom. The van der Waals surface area contributed by atoms with E-state index in [9.17, 15) is 9.18 Å². The van der Waals surface area contributed by atoms with E-state index in [2.05, 4.69) is 18.8 Å². The molecule has 1 unspecified atom stereocenters. The fourth-order valence-electron chi connectivity index (χ4n) is 1.99. The zero-order valence-electron chi connectivity index (χ0n) is 13.7. The zero-order valence-corrected chi connectivity index (χ0v) is 13.7. The molecule has 1 aromatic heterocycles. The highest BCUT2D eigenvalue weighted by molar-refractivity contribution is 5.92. The van der Waals surface area contributed by atoms with Crippen molar-refractivity contribution in [3.05, 3.63) is 47.9 Å². The number of carbonyl (C=O) groups is 1. The average Bonchev–Trinajstić information content (AvgIpc) is 2.99. The number of carbonyl (C=O) groups excluding carboxylic acids is 1. The van der Waals surface area contributed by atoms with Gasteiger partial charge in [0, 0.05) is 19.2 Å². The Balaban J connectivity index is 1.99. The van der Waals surface area contributed by atoms with Gasteiger partial charge in [0.05, 0.1) is 0 Å². The molecule has 6 heteroatoms. The van der Waals surface area contributed by atoms with Gasteiger partial charge in [0.2, 0.25) is 5.89 Å². The maximum absolute atomic E-state index is 13.1. The number of oxazole rings is 1. The Kier molecular flexibility index (Phi) is 5.36. The van der Waals surface area contributed by atoms with Crippen molar-refractivity contribution in [1.29, 1.82) is 0 Å². The molecule has 2 rings (SSSR count). The quantitative estimate of drug-likeness (QED) is 0.817. The number of aromatic nitrogens is 1. The summed E-state index contributed by atoms with van der Waals surface area (Å²) in [6.45, 7) is 6.11. The molecule has 1 aromatic carbocycles. The largest absolute Gasteiger partial charge is 0.484 e. The van der Waals surface area contributed by atoms with E-state index in [0.29, 0.717) is 11.7 Å². The van der Waals surface area contributed by atoms with Crippen molar-refractivity contribution in [2.45, 2.75) is 33.4 Å². The van der Waals surface area contributed by atoms with Gasteiger partial charge in [0.25, 0.3) is 5.91 Å². The van der Waals surface area contributed by atoms with Gasteiger partial charge in [0.1, 0.15) is 17.8 Å². The van der Waals surface area contributed by atoms with Crippen LogP contribution in [0.3, 0.4) is 0 Å². The predicted molar refractivity (Wildman–Crippen MR) is 83.6 cm³/mol. The predicted octanol–water partition coefficient (Wildman–Crippen LogP) is 3.51. The van der Waals surface area contributed by atoms with Crippen molar-refractivity contribution in [2.75, 3.05) is 7.05 Å². The molecule has 1 atom stereocenters. The summed E-state index contributed by atoms with van der Waals surface area (Å²) in [5, 5.41) is 0. The highest BCUT2D eigenvalue weighted by Gasteiger charge is 2.22. The lowest BCUT2D eigenvalue weighted by molar-refractivity contribution is 0.0701. The number of rotatable bonds is 6. The third-order valence-electron chi connectivity index (χ3n) is 3.83. The number of amides is 1. The van der Waals surface area contributed by atoms with Crippen LogP contribution in [-0.4, -0.2) is 28.9 Å². The Bertz CT molecular complexity index is 669. The van der Waals surface area contributed by atoms with Crippen molar-refractivity contribution >= 4 is 5.91 Å². The molecule has 0 saturated heterocycles. The molecule has 0 spiro atoms. The molecule has 1 heterocycles. The van der Waals surface area contributed by atoms with Crippen molar-refractivity contribution in [3.8, 4) is 5.75 Å². The lowest BCUT2D eigenvalue weighted by Gasteiger charge is -2.27. The van der Waals surface area contributed by atoms with Crippen LogP contribution in [0, 0.1) is 11.7 Å². The molecule has 0 radical (unpaired) electrons. The first-order chi connectivity index (χ1) is 10.9. The molecule has 124 valence electrons. The number of hydrogen-bond donors (Lipinski definition) is 0. The molecule has 1 amide bonds. The Morgan fingerprint density at radius 1 is 1.39 bits per heavy atom. The Morgan fingerprint density at radius 2 is 2.13 bits per heavy atom. The van der Waals surface area contributed by atoms with Crippen LogP contribution in [0.1, 0.15) is 37.2 Å². The Hall–Kier alpha value is -2.37. The van der Waals surface area contributed by atoms with E-state index in [1.807, 2.05) is 6.92 Å². The average molecular weight is 320 g/mol. The maximum Gasteiger partial charge on any atom is 0.275 e. The van der Waals surface area contributed by atoms with Gasteiger partial charge in [0.15, 0.2) is 12.3 Å². The van der Waals surface area contributed by atoms with Crippen LogP contribution in [0.15, 0.2) is 34.9 Å². The number of benzene rings is 1. The highest BCUT2D eigenvalue weighted by atomic mass is 19.1. The van der Waals surface area contributed by atoms with Crippen LogP contribution < -0.4 is 4.74 Å². The summed E-state index contributed by atoms with van der Waals surface area (Å²) in [5.74, 6) is 0.401. The van der Waals surface area contributed by atoms with Crippen molar-refractivity contribution in [1.82, 2.24) is 9.88 Å². The van der Waals surface area contributed by atoms with E-state index in [4.69, 9.17) is 9.15 Å². The summed E-state index contributed by atoms with van der Waals surface area (Å²) in [6.07, 6.45) is 1.32. The van der Waals surface area contributed by atoms with Crippen LogP contribution in [-0.2, 0) is 6.61 Å². The fraction of sp³-hybridized carbons (Fsp3) is 0.412. The molecule has 0 aliphatic heterocycles. The van der Waals surface area contributed by atoms with Gasteiger partial charge in [-0.25, -0.2) is 9.37 Å².